The molecule has 0 aromatic carbocycles. The molecule has 1 unspecified atom stereocenters. The molecule has 0 aliphatic carbocycles. The molecule has 0 heterocycles. The molecule has 0 radical (unpaired) electrons. The molecular weight excluding hydrogens is 227 g/mol. The second-order valence-electron chi connectivity index (χ2n) is 2.10. The summed E-state index contributed by atoms with van der Waals surface area (Å²) >= 11 is 0. The fraction of sp³-hybridized carbons (Fsp3) is 0.800. The first-order chi connectivity index (χ1) is 5.87. The Labute approximate surface area is 105 Å². The summed E-state index contributed by atoms with van der Waals surface area (Å²) < 4.78 is 29.0. The van der Waals surface area contributed by atoms with Crippen LogP contribution in [0.15, 0.2) is 0 Å². The Morgan fingerprint density at radius 3 is 2.43 bits per heavy atom. The number of carbonyl (C=O) groups excluding carboxylic acids is 1. The molecule has 14 heavy (non-hydrogen) atoms. The van der Waals surface area contributed by atoms with Crippen LogP contribution in [0.3, 0.4) is 0 Å². The van der Waals surface area contributed by atoms with Gasteiger partial charge in [-0.1, -0.05) is 0 Å². The summed E-state index contributed by atoms with van der Waals surface area (Å²) in [7, 11) is -4.41. The van der Waals surface area contributed by atoms with Gasteiger partial charge in [-0.05, 0) is 0 Å². The van der Waals surface area contributed by atoms with E-state index in [0.29, 0.717) is 0 Å². The van der Waals surface area contributed by atoms with Crippen LogP contribution in [0, 0.1) is 0 Å². The first-order valence-electron chi connectivity index (χ1n) is 3.25. The molecule has 0 aromatic rings. The predicted octanol–water partition coefficient (Wildman–Crippen LogP) is -4.72. The van der Waals surface area contributed by atoms with E-state index >= 15 is 0 Å². The van der Waals surface area contributed by atoms with Crippen LogP contribution in [0.1, 0.15) is 8.35 Å². The Balaban J connectivity index is -0.000000720. The summed E-state index contributed by atoms with van der Waals surface area (Å²) in [5.41, 5.74) is 0. The van der Waals surface area contributed by atoms with Gasteiger partial charge in [-0.25, -0.2) is 4.18 Å². The minimum atomic E-state index is -4.41. The van der Waals surface area contributed by atoms with Gasteiger partial charge in [0.05, 0.1) is 13.2 Å². The van der Waals surface area contributed by atoms with Crippen molar-refractivity contribution in [3.63, 3.8) is 0 Å². The van der Waals surface area contributed by atoms with Crippen LogP contribution in [0.5, 0.6) is 0 Å². The van der Waals surface area contributed by atoms with E-state index in [0.717, 1.165) is 6.92 Å². The number of hydrogen-bond acceptors (Lipinski definition) is 7. The zero-order valence-corrected chi connectivity index (χ0v) is 10.7. The van der Waals surface area contributed by atoms with Crippen molar-refractivity contribution < 1.29 is 62.8 Å². The van der Waals surface area contributed by atoms with Gasteiger partial charge in [0.15, 0.2) is 0 Å². The van der Waals surface area contributed by atoms with Crippen LogP contribution in [0.4, 0.5) is 0 Å². The molecule has 2 N–H and O–H groups in total. The molecule has 7 nitrogen and oxygen atoms in total. The van der Waals surface area contributed by atoms with E-state index in [1.165, 1.54) is 0 Å². The zero-order chi connectivity index (χ0) is 10.5. The third-order valence-corrected chi connectivity index (χ3v) is 1.70. The Morgan fingerprint density at radius 1 is 1.57 bits per heavy atom. The van der Waals surface area contributed by atoms with Crippen LogP contribution >= 0.6 is 0 Å². The van der Waals surface area contributed by atoms with Crippen LogP contribution in [-0.4, -0.2) is 43.9 Å². The zero-order valence-electron chi connectivity index (χ0n) is 8.84. The number of aliphatic hydroxyl groups excluding tert-OH is 2. The van der Waals surface area contributed by atoms with Crippen molar-refractivity contribution >= 4 is 16.4 Å². The Bertz CT molecular complexity index is 267. The van der Waals surface area contributed by atoms with E-state index in [9.17, 15) is 13.2 Å². The topological polar surface area (TPSA) is 110 Å². The van der Waals surface area contributed by atoms with E-state index in [-0.39, 0.29) is 31.0 Å². The van der Waals surface area contributed by atoms with Crippen LogP contribution in [-0.2, 0) is 23.6 Å². The number of rotatable bonds is 5. The number of carbonyl (C=O) groups is 1. The predicted molar refractivity (Wildman–Crippen MR) is 40.8 cm³/mol. The van der Waals surface area contributed by atoms with Gasteiger partial charge >= 0.3 is 45.9 Å². The Morgan fingerprint density at radius 2 is 2.07 bits per heavy atom. The standard InChI is InChI=1S/C5H10O7S.Na.H/c1-4(7)12-13(9,10)11-3-5(8)2-6;;/h5-6,8H,2-3H2,1H3;;/q;+1;-1. The molecule has 0 saturated heterocycles. The fourth-order valence-corrected chi connectivity index (χ4v) is 1.04. The fourth-order valence-electron chi connectivity index (χ4n) is 0.382. The summed E-state index contributed by atoms with van der Waals surface area (Å²) in [6.45, 7) is -0.412. The normalized spacial score (nSPS) is 12.8. The second-order valence-corrected chi connectivity index (χ2v) is 3.32. The van der Waals surface area contributed by atoms with Crippen molar-refractivity contribution in [1.82, 2.24) is 0 Å². The molecule has 0 aromatic heterocycles. The molecule has 80 valence electrons. The molecule has 0 aliphatic heterocycles. The molecule has 0 amide bonds. The van der Waals surface area contributed by atoms with Crippen molar-refractivity contribution in [2.24, 2.45) is 0 Å². The SMILES string of the molecule is CC(=O)OS(=O)(=O)OCC(O)CO.[H-].[Na+]. The average Bonchev–Trinajstić information content (AvgIpc) is 1.98. The van der Waals surface area contributed by atoms with E-state index < -0.39 is 35.7 Å². The number of aliphatic hydroxyl groups is 2. The third kappa shape index (κ3) is 8.88. The van der Waals surface area contributed by atoms with Gasteiger partial charge in [-0.2, -0.15) is 8.42 Å². The van der Waals surface area contributed by atoms with Crippen molar-refractivity contribution in [3.05, 3.63) is 0 Å². The maximum atomic E-state index is 10.6. The maximum Gasteiger partial charge on any atom is 1.00 e. The number of hydrogen-bond donors (Lipinski definition) is 2. The summed E-state index contributed by atoms with van der Waals surface area (Å²) in [5, 5.41) is 17.0. The van der Waals surface area contributed by atoms with Crippen molar-refractivity contribution in [2.75, 3.05) is 13.2 Å². The molecule has 9 heteroatoms. The molecule has 1 atom stereocenters. The molecule has 0 spiro atoms. The van der Waals surface area contributed by atoms with Gasteiger partial charge in [-0.15, -0.1) is 0 Å². The largest absolute Gasteiger partial charge is 1.00 e. The quantitative estimate of drug-likeness (QED) is 0.463. The summed E-state index contributed by atoms with van der Waals surface area (Å²) in [4.78, 5) is 10.2. The minimum absolute atomic E-state index is 0. The van der Waals surface area contributed by atoms with Crippen molar-refractivity contribution in [2.45, 2.75) is 13.0 Å². The van der Waals surface area contributed by atoms with Gasteiger partial charge in [0.2, 0.25) is 0 Å². The Kier molecular flexibility index (Phi) is 9.04. The van der Waals surface area contributed by atoms with Crippen molar-refractivity contribution in [3.8, 4) is 0 Å². The minimum Gasteiger partial charge on any atom is -1.00 e. The molecule has 0 rings (SSSR count). The van der Waals surface area contributed by atoms with E-state index in [4.69, 9.17) is 10.2 Å². The van der Waals surface area contributed by atoms with Gasteiger partial charge in [0, 0.05) is 6.92 Å². The smallest absolute Gasteiger partial charge is 1.00 e. The van der Waals surface area contributed by atoms with Gasteiger partial charge in [-0.3, -0.25) is 4.79 Å². The summed E-state index contributed by atoms with van der Waals surface area (Å²) in [5.74, 6) is -1.04. The average molecular weight is 238 g/mol. The van der Waals surface area contributed by atoms with Gasteiger partial charge in [0.25, 0.3) is 0 Å². The van der Waals surface area contributed by atoms with E-state index in [1.807, 2.05) is 0 Å². The summed E-state index contributed by atoms with van der Waals surface area (Å²) in [6.07, 6.45) is -1.33. The van der Waals surface area contributed by atoms with Gasteiger partial charge < -0.3 is 15.8 Å². The van der Waals surface area contributed by atoms with E-state index in [2.05, 4.69) is 8.37 Å². The molecular formula is C5H11NaO7S. The first-order valence-corrected chi connectivity index (χ1v) is 4.59. The monoisotopic (exact) mass is 238 g/mol. The van der Waals surface area contributed by atoms with Crippen LogP contribution < -0.4 is 29.6 Å². The molecule has 0 saturated carbocycles. The molecule has 0 aliphatic rings. The van der Waals surface area contributed by atoms with Gasteiger partial charge in [0.1, 0.15) is 6.10 Å². The third-order valence-electron chi connectivity index (χ3n) is 0.835. The Hall–Kier alpha value is 0.300. The van der Waals surface area contributed by atoms with Crippen LogP contribution in [0.2, 0.25) is 0 Å². The first kappa shape index (κ1) is 16.7. The van der Waals surface area contributed by atoms with Crippen molar-refractivity contribution in [1.29, 1.82) is 0 Å². The van der Waals surface area contributed by atoms with Crippen LogP contribution in [0.25, 0.3) is 0 Å². The molecule has 0 bridgehead atoms. The summed E-state index contributed by atoms with van der Waals surface area (Å²) in [6, 6.07) is 0. The maximum absolute atomic E-state index is 10.6. The molecule has 0 fully saturated rings. The van der Waals surface area contributed by atoms with E-state index in [1.54, 1.807) is 0 Å². The second kappa shape index (κ2) is 7.57.